The lowest BCUT2D eigenvalue weighted by Crippen LogP contribution is -2.30. The molecule has 0 bridgehead atoms. The summed E-state index contributed by atoms with van der Waals surface area (Å²) in [6.07, 6.45) is 4.80. The molecule has 0 aliphatic heterocycles. The highest BCUT2D eigenvalue weighted by Gasteiger charge is 2.12. The smallest absolute Gasteiger partial charge is 0.270 e. The second-order valence-electron chi connectivity index (χ2n) is 5.10. The summed E-state index contributed by atoms with van der Waals surface area (Å²) in [5.41, 5.74) is 1.51. The number of amides is 2. The maximum absolute atomic E-state index is 12.1. The van der Waals surface area contributed by atoms with Crippen molar-refractivity contribution in [1.82, 2.24) is 20.6 Å². The van der Waals surface area contributed by atoms with Gasteiger partial charge in [0, 0.05) is 36.7 Å². The summed E-state index contributed by atoms with van der Waals surface area (Å²) in [6.45, 7) is 4.11. The van der Waals surface area contributed by atoms with Crippen molar-refractivity contribution in [2.75, 3.05) is 0 Å². The van der Waals surface area contributed by atoms with Crippen LogP contribution in [0.4, 0.5) is 0 Å². The summed E-state index contributed by atoms with van der Waals surface area (Å²) >= 11 is 0. The van der Waals surface area contributed by atoms with E-state index in [1.54, 1.807) is 24.5 Å². The number of carbonyl (C=O) groups is 2. The van der Waals surface area contributed by atoms with E-state index in [0.717, 1.165) is 5.56 Å². The predicted octanol–water partition coefficient (Wildman–Crippen LogP) is 1.54. The lowest BCUT2D eigenvalue weighted by atomic mass is 10.2. The molecule has 2 aromatic rings. The van der Waals surface area contributed by atoms with Gasteiger partial charge in [0.15, 0.2) is 0 Å². The average Bonchev–Trinajstić information content (AvgIpc) is 2.53. The van der Waals surface area contributed by atoms with E-state index in [2.05, 4.69) is 20.6 Å². The zero-order valence-electron chi connectivity index (χ0n) is 12.5. The van der Waals surface area contributed by atoms with Crippen LogP contribution in [0.5, 0.6) is 0 Å². The first-order valence-corrected chi connectivity index (χ1v) is 7.00. The molecule has 2 N–H and O–H groups in total. The van der Waals surface area contributed by atoms with Gasteiger partial charge in [-0.3, -0.25) is 19.6 Å². The van der Waals surface area contributed by atoms with E-state index in [0.29, 0.717) is 12.1 Å². The minimum absolute atomic E-state index is 0.0310. The molecule has 6 heteroatoms. The molecule has 22 heavy (non-hydrogen) atoms. The van der Waals surface area contributed by atoms with Gasteiger partial charge in [0.2, 0.25) is 0 Å². The lowest BCUT2D eigenvalue weighted by Gasteiger charge is -2.09. The molecule has 0 aliphatic carbocycles. The van der Waals surface area contributed by atoms with Crippen LogP contribution in [-0.4, -0.2) is 27.8 Å². The van der Waals surface area contributed by atoms with E-state index in [1.807, 2.05) is 19.9 Å². The standard InChI is InChI=1S/C16H18N4O2/c1-11(2)20-15(21)13-5-7-18-14(8-13)16(22)19-10-12-4-3-6-17-9-12/h3-9,11H,10H2,1-2H3,(H,19,22)(H,20,21). The summed E-state index contributed by atoms with van der Waals surface area (Å²) in [7, 11) is 0. The molecule has 0 atom stereocenters. The fraction of sp³-hybridized carbons (Fsp3) is 0.250. The molecular formula is C16H18N4O2. The molecule has 0 radical (unpaired) electrons. The Morgan fingerprint density at radius 3 is 2.68 bits per heavy atom. The number of nitrogens with one attached hydrogen (secondary N) is 2. The topological polar surface area (TPSA) is 84.0 Å². The van der Waals surface area contributed by atoms with E-state index in [-0.39, 0.29) is 23.6 Å². The van der Waals surface area contributed by atoms with Crippen molar-refractivity contribution in [3.63, 3.8) is 0 Å². The quantitative estimate of drug-likeness (QED) is 0.877. The molecule has 114 valence electrons. The van der Waals surface area contributed by atoms with Gasteiger partial charge in [-0.2, -0.15) is 0 Å². The first-order valence-electron chi connectivity index (χ1n) is 7.00. The Morgan fingerprint density at radius 2 is 2.00 bits per heavy atom. The zero-order chi connectivity index (χ0) is 15.9. The number of carbonyl (C=O) groups excluding carboxylic acids is 2. The fourth-order valence-corrected chi connectivity index (χ4v) is 1.82. The number of nitrogens with zero attached hydrogens (tertiary/aromatic N) is 2. The molecule has 2 amide bonds. The molecule has 0 spiro atoms. The number of rotatable bonds is 5. The third kappa shape index (κ3) is 4.37. The molecule has 0 aromatic carbocycles. The Balaban J connectivity index is 2.02. The van der Waals surface area contributed by atoms with Gasteiger partial charge < -0.3 is 10.6 Å². The van der Waals surface area contributed by atoms with Crippen molar-refractivity contribution >= 4 is 11.8 Å². The Morgan fingerprint density at radius 1 is 1.18 bits per heavy atom. The minimum Gasteiger partial charge on any atom is -0.350 e. The van der Waals surface area contributed by atoms with Crippen LogP contribution in [0.1, 0.15) is 40.3 Å². The SMILES string of the molecule is CC(C)NC(=O)c1ccnc(C(=O)NCc2cccnc2)c1. The van der Waals surface area contributed by atoms with Gasteiger partial charge in [-0.15, -0.1) is 0 Å². The summed E-state index contributed by atoms with van der Waals surface area (Å²) in [4.78, 5) is 32.0. The monoisotopic (exact) mass is 298 g/mol. The Labute approximate surface area is 129 Å². The van der Waals surface area contributed by atoms with Crippen LogP contribution in [0.3, 0.4) is 0 Å². The molecule has 2 heterocycles. The fourth-order valence-electron chi connectivity index (χ4n) is 1.82. The summed E-state index contributed by atoms with van der Waals surface area (Å²) in [6, 6.07) is 6.76. The third-order valence-corrected chi connectivity index (χ3v) is 2.85. The van der Waals surface area contributed by atoms with E-state index in [4.69, 9.17) is 0 Å². The Kier molecular flexibility index (Phi) is 5.19. The number of hydrogen-bond donors (Lipinski definition) is 2. The van der Waals surface area contributed by atoms with E-state index < -0.39 is 0 Å². The van der Waals surface area contributed by atoms with Crippen molar-refractivity contribution in [2.45, 2.75) is 26.4 Å². The van der Waals surface area contributed by atoms with E-state index in [1.165, 1.54) is 12.3 Å². The van der Waals surface area contributed by atoms with E-state index >= 15 is 0 Å². The molecule has 0 unspecified atom stereocenters. The van der Waals surface area contributed by atoms with Crippen molar-refractivity contribution < 1.29 is 9.59 Å². The van der Waals surface area contributed by atoms with Crippen molar-refractivity contribution in [3.8, 4) is 0 Å². The Bertz CT molecular complexity index is 656. The van der Waals surface area contributed by atoms with Crippen molar-refractivity contribution in [1.29, 1.82) is 0 Å². The second kappa shape index (κ2) is 7.31. The first-order chi connectivity index (χ1) is 10.6. The maximum Gasteiger partial charge on any atom is 0.270 e. The third-order valence-electron chi connectivity index (χ3n) is 2.85. The minimum atomic E-state index is -0.331. The molecule has 0 fully saturated rings. The van der Waals surface area contributed by atoms with Crippen LogP contribution < -0.4 is 10.6 Å². The lowest BCUT2D eigenvalue weighted by molar-refractivity contribution is 0.0943. The number of aromatic nitrogens is 2. The highest BCUT2D eigenvalue weighted by atomic mass is 16.2. The summed E-state index contributed by atoms with van der Waals surface area (Å²) in [5.74, 6) is -0.554. The van der Waals surface area contributed by atoms with Crippen LogP contribution in [0.2, 0.25) is 0 Å². The van der Waals surface area contributed by atoms with Gasteiger partial charge in [0.1, 0.15) is 5.69 Å². The van der Waals surface area contributed by atoms with Crippen LogP contribution in [0.15, 0.2) is 42.9 Å². The summed E-state index contributed by atoms with van der Waals surface area (Å²) < 4.78 is 0. The molecule has 0 saturated heterocycles. The average molecular weight is 298 g/mol. The normalized spacial score (nSPS) is 10.3. The van der Waals surface area contributed by atoms with Gasteiger partial charge in [-0.1, -0.05) is 6.07 Å². The van der Waals surface area contributed by atoms with Gasteiger partial charge >= 0.3 is 0 Å². The van der Waals surface area contributed by atoms with Gasteiger partial charge in [-0.25, -0.2) is 0 Å². The molecular weight excluding hydrogens is 280 g/mol. The van der Waals surface area contributed by atoms with Gasteiger partial charge in [0.05, 0.1) is 0 Å². The van der Waals surface area contributed by atoms with Gasteiger partial charge in [0.25, 0.3) is 11.8 Å². The van der Waals surface area contributed by atoms with Crippen molar-refractivity contribution in [3.05, 3.63) is 59.7 Å². The highest BCUT2D eigenvalue weighted by molar-refractivity contribution is 5.98. The molecule has 6 nitrogen and oxygen atoms in total. The first kappa shape index (κ1) is 15.6. The predicted molar refractivity (Wildman–Crippen MR) is 82.2 cm³/mol. The molecule has 2 aromatic heterocycles. The van der Waals surface area contributed by atoms with E-state index in [9.17, 15) is 9.59 Å². The number of pyridine rings is 2. The van der Waals surface area contributed by atoms with Crippen LogP contribution in [0.25, 0.3) is 0 Å². The maximum atomic E-state index is 12.1. The van der Waals surface area contributed by atoms with Gasteiger partial charge in [-0.05, 0) is 37.6 Å². The molecule has 0 saturated carbocycles. The second-order valence-corrected chi connectivity index (χ2v) is 5.10. The number of hydrogen-bond acceptors (Lipinski definition) is 4. The summed E-state index contributed by atoms with van der Waals surface area (Å²) in [5, 5.41) is 5.53. The van der Waals surface area contributed by atoms with Crippen LogP contribution in [0, 0.1) is 0 Å². The van der Waals surface area contributed by atoms with Crippen LogP contribution >= 0.6 is 0 Å². The molecule has 0 aliphatic rings. The largest absolute Gasteiger partial charge is 0.350 e. The van der Waals surface area contributed by atoms with Crippen LogP contribution in [-0.2, 0) is 6.54 Å². The highest BCUT2D eigenvalue weighted by Crippen LogP contribution is 2.03. The van der Waals surface area contributed by atoms with Crippen molar-refractivity contribution in [2.24, 2.45) is 0 Å². The zero-order valence-corrected chi connectivity index (χ0v) is 12.5. The Hall–Kier alpha value is -2.76. The molecule has 2 rings (SSSR count).